The van der Waals surface area contributed by atoms with E-state index in [9.17, 15) is 13.6 Å². The van der Waals surface area contributed by atoms with Gasteiger partial charge in [0, 0.05) is 17.5 Å². The first-order valence-electron chi connectivity index (χ1n) is 12.3. The quantitative estimate of drug-likeness (QED) is 0.413. The van der Waals surface area contributed by atoms with Crippen molar-refractivity contribution in [1.82, 2.24) is 4.90 Å². The number of nitriles is 1. The second-order valence-corrected chi connectivity index (χ2v) is 9.68. The van der Waals surface area contributed by atoms with Crippen LogP contribution in [0.2, 0.25) is 0 Å². The summed E-state index contributed by atoms with van der Waals surface area (Å²) in [6.45, 7) is 0.245. The van der Waals surface area contributed by atoms with E-state index in [0.29, 0.717) is 12.0 Å². The Morgan fingerprint density at radius 1 is 0.972 bits per heavy atom. The number of hydrogen-bond acceptors (Lipinski definition) is 3. The molecular weight excluding hydrogens is 458 g/mol. The average Bonchev–Trinajstić information content (AvgIpc) is 3.21. The van der Waals surface area contributed by atoms with Crippen molar-refractivity contribution in [2.75, 3.05) is 6.61 Å². The summed E-state index contributed by atoms with van der Waals surface area (Å²) in [6.07, 6.45) is 4.39. The van der Waals surface area contributed by atoms with E-state index in [2.05, 4.69) is 24.3 Å². The maximum Gasteiger partial charge on any atom is 0.410 e. The van der Waals surface area contributed by atoms with Crippen LogP contribution < -0.4 is 0 Å². The van der Waals surface area contributed by atoms with Crippen molar-refractivity contribution >= 4 is 11.7 Å². The number of hydrogen-bond donors (Lipinski definition) is 0. The summed E-state index contributed by atoms with van der Waals surface area (Å²) in [5.74, 6) is -1.38. The fourth-order valence-corrected chi connectivity index (χ4v) is 6.06. The van der Waals surface area contributed by atoms with Crippen LogP contribution in [0.1, 0.15) is 53.9 Å². The van der Waals surface area contributed by atoms with E-state index in [1.807, 2.05) is 30.3 Å². The standard InChI is InChI=1S/C30H24F2N2O2/c31-28-15-26(29(32)14-19(28)16-33)18-12-20-6-5-7-21(13-18)34(20)30(35)36-17-27-24-10-3-1-8-22(24)23-9-2-4-11-25(23)27/h1-4,8-12,14-15,20-21,27H,5-7,13,17H2. The van der Waals surface area contributed by atoms with Crippen LogP contribution >= 0.6 is 0 Å². The minimum absolute atomic E-state index is 0.0206. The highest BCUT2D eigenvalue weighted by Gasteiger charge is 2.39. The molecule has 1 amide bonds. The van der Waals surface area contributed by atoms with Crippen molar-refractivity contribution in [3.8, 4) is 17.2 Å². The molecule has 3 aromatic rings. The molecular formula is C30H24F2N2O2. The zero-order chi connectivity index (χ0) is 24.8. The minimum Gasteiger partial charge on any atom is -0.448 e. The lowest BCUT2D eigenvalue weighted by Crippen LogP contribution is -2.52. The van der Waals surface area contributed by atoms with Crippen molar-refractivity contribution in [3.05, 3.63) is 101 Å². The molecule has 0 spiro atoms. The van der Waals surface area contributed by atoms with Crippen molar-refractivity contribution in [2.24, 2.45) is 0 Å². The van der Waals surface area contributed by atoms with Crippen molar-refractivity contribution in [1.29, 1.82) is 5.26 Å². The van der Waals surface area contributed by atoms with Crippen molar-refractivity contribution < 1.29 is 18.3 Å². The van der Waals surface area contributed by atoms with Crippen LogP contribution in [0.4, 0.5) is 13.6 Å². The van der Waals surface area contributed by atoms with Crippen molar-refractivity contribution in [2.45, 2.75) is 43.7 Å². The molecule has 2 aliphatic heterocycles. The Hall–Kier alpha value is -3.98. The first-order valence-corrected chi connectivity index (χ1v) is 12.3. The molecule has 6 rings (SSSR count). The summed E-state index contributed by atoms with van der Waals surface area (Å²) in [6, 6.07) is 19.8. The number of nitrogens with zero attached hydrogens (tertiary/aromatic N) is 2. The average molecular weight is 483 g/mol. The number of rotatable bonds is 3. The summed E-state index contributed by atoms with van der Waals surface area (Å²) >= 11 is 0. The van der Waals surface area contributed by atoms with Gasteiger partial charge in [0.25, 0.3) is 0 Å². The third-order valence-corrected chi connectivity index (χ3v) is 7.71. The molecule has 1 saturated heterocycles. The predicted molar refractivity (Wildman–Crippen MR) is 132 cm³/mol. The lowest BCUT2D eigenvalue weighted by atomic mass is 9.83. The van der Waals surface area contributed by atoms with E-state index in [4.69, 9.17) is 10.00 Å². The van der Waals surface area contributed by atoms with Gasteiger partial charge in [-0.1, -0.05) is 54.6 Å². The first kappa shape index (κ1) is 22.5. The van der Waals surface area contributed by atoms with Gasteiger partial charge in [0.1, 0.15) is 24.3 Å². The molecule has 4 nitrogen and oxygen atoms in total. The molecule has 2 atom stereocenters. The maximum atomic E-state index is 14.7. The molecule has 1 aliphatic carbocycles. The van der Waals surface area contributed by atoms with E-state index in [1.165, 1.54) is 11.1 Å². The van der Waals surface area contributed by atoms with E-state index < -0.39 is 11.6 Å². The molecule has 36 heavy (non-hydrogen) atoms. The molecule has 2 unspecified atom stereocenters. The summed E-state index contributed by atoms with van der Waals surface area (Å²) in [5.41, 5.74) is 5.19. The van der Waals surface area contributed by atoms with E-state index in [1.54, 1.807) is 11.0 Å². The number of benzene rings is 3. The molecule has 6 heteroatoms. The fourth-order valence-electron chi connectivity index (χ4n) is 6.06. The summed E-state index contributed by atoms with van der Waals surface area (Å²) in [4.78, 5) is 15.1. The van der Waals surface area contributed by atoms with Crippen LogP contribution in [0, 0.1) is 23.0 Å². The van der Waals surface area contributed by atoms with E-state index in [0.717, 1.165) is 42.5 Å². The highest BCUT2D eigenvalue weighted by atomic mass is 19.1. The molecule has 180 valence electrons. The molecule has 0 saturated carbocycles. The third kappa shape index (κ3) is 3.67. The van der Waals surface area contributed by atoms with Crippen LogP contribution in [-0.4, -0.2) is 29.7 Å². The second-order valence-electron chi connectivity index (χ2n) is 9.68. The third-order valence-electron chi connectivity index (χ3n) is 7.71. The van der Waals surface area contributed by atoms with Gasteiger partial charge < -0.3 is 4.74 Å². The molecule has 3 aliphatic rings. The number of ether oxygens (including phenoxy) is 1. The molecule has 0 radical (unpaired) electrons. The predicted octanol–water partition coefficient (Wildman–Crippen LogP) is 6.80. The van der Waals surface area contributed by atoms with Crippen molar-refractivity contribution in [3.63, 3.8) is 0 Å². The van der Waals surface area contributed by atoms with Gasteiger partial charge in [-0.3, -0.25) is 4.90 Å². The summed E-state index contributed by atoms with van der Waals surface area (Å²) in [7, 11) is 0. The van der Waals surface area contributed by atoms with Crippen LogP contribution in [0.5, 0.6) is 0 Å². The number of carbonyl (C=O) groups is 1. The van der Waals surface area contributed by atoms with E-state index in [-0.39, 0.29) is 41.8 Å². The Bertz CT molecular complexity index is 1400. The van der Waals surface area contributed by atoms with Gasteiger partial charge >= 0.3 is 6.09 Å². The maximum absolute atomic E-state index is 14.7. The summed E-state index contributed by atoms with van der Waals surface area (Å²) in [5, 5.41) is 8.98. The number of fused-ring (bicyclic) bond motifs is 5. The first-order chi connectivity index (χ1) is 17.5. The lowest BCUT2D eigenvalue weighted by molar-refractivity contribution is 0.0538. The SMILES string of the molecule is N#Cc1cc(F)c(C2=CC3CCCC(C2)N3C(=O)OCC2c3ccccc3-c3ccccc32)cc1F. The zero-order valence-electron chi connectivity index (χ0n) is 19.6. The Kier molecular flexibility index (Phi) is 5.56. The smallest absolute Gasteiger partial charge is 0.410 e. The fraction of sp³-hybridized carbons (Fsp3) is 0.267. The van der Waals surface area contributed by atoms with Gasteiger partial charge in [0.05, 0.1) is 11.6 Å². The Balaban J connectivity index is 1.23. The van der Waals surface area contributed by atoms with Gasteiger partial charge in [-0.05, 0) is 65.6 Å². The van der Waals surface area contributed by atoms with Gasteiger partial charge in [0.15, 0.2) is 0 Å². The molecule has 0 N–H and O–H groups in total. The lowest BCUT2D eigenvalue weighted by Gasteiger charge is -2.44. The molecule has 0 aromatic heterocycles. The zero-order valence-corrected chi connectivity index (χ0v) is 19.6. The monoisotopic (exact) mass is 482 g/mol. The largest absolute Gasteiger partial charge is 0.448 e. The number of piperidine rings is 1. The second kappa shape index (κ2) is 8.91. The topological polar surface area (TPSA) is 53.3 Å². The molecule has 3 aromatic carbocycles. The summed E-state index contributed by atoms with van der Waals surface area (Å²) < 4.78 is 34.9. The molecule has 1 fully saturated rings. The Labute approximate surface area is 208 Å². The van der Waals surface area contributed by atoms with Crippen LogP contribution in [0.25, 0.3) is 16.7 Å². The van der Waals surface area contributed by atoms with Crippen LogP contribution in [0.3, 0.4) is 0 Å². The van der Waals surface area contributed by atoms with Gasteiger partial charge in [-0.25, -0.2) is 13.6 Å². The van der Waals surface area contributed by atoms with Crippen LogP contribution in [-0.2, 0) is 4.74 Å². The van der Waals surface area contributed by atoms with Gasteiger partial charge in [-0.2, -0.15) is 5.26 Å². The van der Waals surface area contributed by atoms with Gasteiger partial charge in [0.2, 0.25) is 0 Å². The molecule has 2 heterocycles. The van der Waals surface area contributed by atoms with Crippen LogP contribution in [0.15, 0.2) is 66.7 Å². The number of carbonyl (C=O) groups excluding carboxylic acids is 1. The Morgan fingerprint density at radius 2 is 1.67 bits per heavy atom. The highest BCUT2D eigenvalue weighted by molar-refractivity contribution is 5.79. The minimum atomic E-state index is -0.737. The van der Waals surface area contributed by atoms with E-state index >= 15 is 0 Å². The Morgan fingerprint density at radius 3 is 2.33 bits per heavy atom. The molecule has 2 bridgehead atoms. The highest BCUT2D eigenvalue weighted by Crippen LogP contribution is 2.45. The normalized spacial score (nSPS) is 20.2. The number of halogens is 2. The van der Waals surface area contributed by atoms with Gasteiger partial charge in [-0.15, -0.1) is 0 Å². The number of amides is 1.